The molecule has 0 bridgehead atoms. The van der Waals surface area contributed by atoms with Crippen molar-refractivity contribution in [3.05, 3.63) is 23.3 Å². The second-order valence-corrected chi connectivity index (χ2v) is 5.78. The highest BCUT2D eigenvalue weighted by molar-refractivity contribution is 5.97. The molecule has 0 aliphatic rings. The van der Waals surface area contributed by atoms with Crippen molar-refractivity contribution in [2.45, 2.75) is 47.1 Å². The zero-order valence-electron chi connectivity index (χ0n) is 13.6. The first-order chi connectivity index (χ1) is 9.66. The van der Waals surface area contributed by atoms with Crippen LogP contribution in [0.1, 0.15) is 49.6 Å². The molecular weight excluding hydrogens is 270 g/mol. The van der Waals surface area contributed by atoms with Gasteiger partial charge < -0.3 is 9.64 Å². The standard InChI is InChI=1S/C15H23N3O3/c1-7-21-13(19)9-18(15(4,5)6)14(20)12-8-16-11(3)17-10(12)2/h8H,7,9H2,1-6H3. The molecule has 0 aromatic carbocycles. The average Bonchev–Trinajstić information content (AvgIpc) is 2.34. The van der Waals surface area contributed by atoms with Crippen molar-refractivity contribution in [2.24, 2.45) is 0 Å². The molecule has 6 heteroatoms. The molecule has 0 saturated carbocycles. The van der Waals surface area contributed by atoms with E-state index in [4.69, 9.17) is 4.74 Å². The van der Waals surface area contributed by atoms with E-state index in [1.54, 1.807) is 20.8 Å². The minimum absolute atomic E-state index is 0.0938. The maximum absolute atomic E-state index is 12.7. The molecule has 1 amide bonds. The lowest BCUT2D eigenvalue weighted by molar-refractivity contribution is -0.144. The largest absolute Gasteiger partial charge is 0.465 e. The van der Waals surface area contributed by atoms with Crippen LogP contribution in [0.4, 0.5) is 0 Å². The van der Waals surface area contributed by atoms with Crippen LogP contribution >= 0.6 is 0 Å². The van der Waals surface area contributed by atoms with Gasteiger partial charge in [-0.1, -0.05) is 0 Å². The quantitative estimate of drug-likeness (QED) is 0.793. The van der Waals surface area contributed by atoms with Crippen molar-refractivity contribution < 1.29 is 14.3 Å². The predicted octanol–water partition coefficient (Wildman–Crippen LogP) is 1.90. The minimum atomic E-state index is -0.513. The highest BCUT2D eigenvalue weighted by Gasteiger charge is 2.31. The Balaban J connectivity index is 3.08. The van der Waals surface area contributed by atoms with E-state index < -0.39 is 11.5 Å². The Bertz CT molecular complexity index is 535. The topological polar surface area (TPSA) is 72.4 Å². The van der Waals surface area contributed by atoms with Gasteiger partial charge in [-0.15, -0.1) is 0 Å². The van der Waals surface area contributed by atoms with Gasteiger partial charge in [0.2, 0.25) is 0 Å². The van der Waals surface area contributed by atoms with Gasteiger partial charge in [0.05, 0.1) is 17.9 Å². The fourth-order valence-corrected chi connectivity index (χ4v) is 1.89. The lowest BCUT2D eigenvalue weighted by atomic mass is 10.0. The van der Waals surface area contributed by atoms with Gasteiger partial charge in [0.15, 0.2) is 0 Å². The number of carbonyl (C=O) groups is 2. The Morgan fingerprint density at radius 2 is 1.90 bits per heavy atom. The van der Waals surface area contributed by atoms with Crippen molar-refractivity contribution in [1.29, 1.82) is 0 Å². The molecule has 1 aromatic rings. The molecule has 0 N–H and O–H groups in total. The molecule has 116 valence electrons. The van der Waals surface area contributed by atoms with E-state index in [1.807, 2.05) is 20.8 Å². The molecule has 0 saturated heterocycles. The number of rotatable bonds is 4. The van der Waals surface area contributed by atoms with Crippen molar-refractivity contribution in [3.63, 3.8) is 0 Å². The van der Waals surface area contributed by atoms with Gasteiger partial charge in [0.25, 0.3) is 5.91 Å². The summed E-state index contributed by atoms with van der Waals surface area (Å²) in [5.41, 5.74) is 0.492. The van der Waals surface area contributed by atoms with Crippen molar-refractivity contribution in [1.82, 2.24) is 14.9 Å². The molecule has 1 heterocycles. The molecule has 0 fully saturated rings. The van der Waals surface area contributed by atoms with Gasteiger partial charge in [0, 0.05) is 11.7 Å². The monoisotopic (exact) mass is 293 g/mol. The maximum atomic E-state index is 12.7. The number of hydrogen-bond acceptors (Lipinski definition) is 5. The summed E-state index contributed by atoms with van der Waals surface area (Å²) in [5, 5.41) is 0. The number of hydrogen-bond donors (Lipinski definition) is 0. The zero-order valence-corrected chi connectivity index (χ0v) is 13.6. The van der Waals surface area contributed by atoms with Crippen LogP contribution in [0.5, 0.6) is 0 Å². The molecule has 0 atom stereocenters. The van der Waals surface area contributed by atoms with Crippen molar-refractivity contribution in [3.8, 4) is 0 Å². The van der Waals surface area contributed by atoms with E-state index in [1.165, 1.54) is 11.1 Å². The van der Waals surface area contributed by atoms with E-state index in [0.29, 0.717) is 17.1 Å². The van der Waals surface area contributed by atoms with Gasteiger partial charge in [-0.2, -0.15) is 0 Å². The third-order valence-corrected chi connectivity index (χ3v) is 2.98. The third kappa shape index (κ3) is 4.51. The second-order valence-electron chi connectivity index (χ2n) is 5.78. The molecule has 0 aliphatic carbocycles. The number of aromatic nitrogens is 2. The van der Waals surface area contributed by atoms with Gasteiger partial charge in [-0.25, -0.2) is 9.97 Å². The average molecular weight is 293 g/mol. The molecule has 21 heavy (non-hydrogen) atoms. The maximum Gasteiger partial charge on any atom is 0.325 e. The van der Waals surface area contributed by atoms with Gasteiger partial charge in [-0.3, -0.25) is 9.59 Å². The smallest absolute Gasteiger partial charge is 0.325 e. The molecule has 0 spiro atoms. The first kappa shape index (κ1) is 17.1. The lowest BCUT2D eigenvalue weighted by Gasteiger charge is -2.35. The van der Waals surface area contributed by atoms with Crippen LogP contribution in [0.2, 0.25) is 0 Å². The van der Waals surface area contributed by atoms with E-state index in [-0.39, 0.29) is 19.1 Å². The third-order valence-electron chi connectivity index (χ3n) is 2.98. The summed E-state index contributed by atoms with van der Waals surface area (Å²) in [6.45, 7) is 11.1. The summed E-state index contributed by atoms with van der Waals surface area (Å²) >= 11 is 0. The molecule has 0 radical (unpaired) electrons. The van der Waals surface area contributed by atoms with E-state index in [9.17, 15) is 9.59 Å². The Kier molecular flexibility index (Phi) is 5.41. The predicted molar refractivity (Wildman–Crippen MR) is 78.9 cm³/mol. The zero-order chi connectivity index (χ0) is 16.2. The molecule has 1 rings (SSSR count). The van der Waals surface area contributed by atoms with Crippen molar-refractivity contribution >= 4 is 11.9 Å². The molecule has 1 aromatic heterocycles. The van der Waals surface area contributed by atoms with Gasteiger partial charge in [-0.05, 0) is 41.5 Å². The highest BCUT2D eigenvalue weighted by Crippen LogP contribution is 2.18. The fourth-order valence-electron chi connectivity index (χ4n) is 1.89. The lowest BCUT2D eigenvalue weighted by Crippen LogP contribution is -2.48. The number of carbonyl (C=O) groups excluding carboxylic acids is 2. The number of aryl methyl sites for hydroxylation is 2. The summed E-state index contributed by atoms with van der Waals surface area (Å²) in [6, 6.07) is 0. The molecule has 0 unspecified atom stereocenters. The molecular formula is C15H23N3O3. The Hall–Kier alpha value is -1.98. The Morgan fingerprint density at radius 1 is 1.29 bits per heavy atom. The summed E-state index contributed by atoms with van der Waals surface area (Å²) in [6.07, 6.45) is 1.50. The van der Waals surface area contributed by atoms with E-state index in [2.05, 4.69) is 9.97 Å². The normalized spacial score (nSPS) is 11.1. The van der Waals surface area contributed by atoms with Crippen LogP contribution in [0.15, 0.2) is 6.20 Å². The highest BCUT2D eigenvalue weighted by atomic mass is 16.5. The summed E-state index contributed by atoms with van der Waals surface area (Å²) in [4.78, 5) is 34.2. The van der Waals surface area contributed by atoms with Crippen LogP contribution in [0.25, 0.3) is 0 Å². The van der Waals surface area contributed by atoms with Crippen LogP contribution < -0.4 is 0 Å². The number of nitrogens with zero attached hydrogens (tertiary/aromatic N) is 3. The minimum Gasteiger partial charge on any atom is -0.465 e. The summed E-state index contributed by atoms with van der Waals surface area (Å²) in [7, 11) is 0. The molecule has 6 nitrogen and oxygen atoms in total. The van der Waals surface area contributed by atoms with Gasteiger partial charge >= 0.3 is 5.97 Å². The second kappa shape index (κ2) is 6.65. The first-order valence-electron chi connectivity index (χ1n) is 6.94. The van der Waals surface area contributed by atoms with Crippen LogP contribution in [-0.2, 0) is 9.53 Å². The van der Waals surface area contributed by atoms with Crippen LogP contribution in [0, 0.1) is 13.8 Å². The summed E-state index contributed by atoms with van der Waals surface area (Å²) in [5.74, 6) is -0.0868. The number of amides is 1. The first-order valence-corrected chi connectivity index (χ1v) is 6.94. The SMILES string of the molecule is CCOC(=O)CN(C(=O)c1cnc(C)nc1C)C(C)(C)C. The Morgan fingerprint density at radius 3 is 2.38 bits per heavy atom. The fraction of sp³-hybridized carbons (Fsp3) is 0.600. The van der Waals surface area contributed by atoms with Crippen LogP contribution in [-0.4, -0.2) is 45.4 Å². The van der Waals surface area contributed by atoms with Crippen LogP contribution in [0.3, 0.4) is 0 Å². The summed E-state index contributed by atoms with van der Waals surface area (Å²) < 4.78 is 4.94. The van der Waals surface area contributed by atoms with Gasteiger partial charge in [0.1, 0.15) is 12.4 Å². The Labute approximate surface area is 125 Å². The molecule has 0 aliphatic heterocycles. The number of esters is 1. The van der Waals surface area contributed by atoms with E-state index >= 15 is 0 Å². The van der Waals surface area contributed by atoms with E-state index in [0.717, 1.165) is 0 Å². The number of ether oxygens (including phenoxy) is 1. The van der Waals surface area contributed by atoms with Crippen molar-refractivity contribution in [2.75, 3.05) is 13.2 Å².